The number of anilines is 1. The van der Waals surface area contributed by atoms with Crippen molar-refractivity contribution in [2.75, 3.05) is 5.32 Å². The second-order valence-corrected chi connectivity index (χ2v) is 5.87. The molecular formula is C17H17N3O3S. The van der Waals surface area contributed by atoms with Crippen LogP contribution >= 0.6 is 12.2 Å². The van der Waals surface area contributed by atoms with E-state index >= 15 is 0 Å². The molecule has 0 fully saturated rings. The van der Waals surface area contributed by atoms with Crippen LogP contribution in [0.15, 0.2) is 48.5 Å². The van der Waals surface area contributed by atoms with Gasteiger partial charge < -0.3 is 5.32 Å². The number of non-ortho nitro benzene ring substituents is 1. The van der Waals surface area contributed by atoms with Crippen LogP contribution in [-0.4, -0.2) is 15.9 Å². The predicted molar refractivity (Wildman–Crippen MR) is 97.3 cm³/mol. The number of para-hydroxylation sites is 1. The summed E-state index contributed by atoms with van der Waals surface area (Å²) in [5.41, 5.74) is 1.92. The Kier molecular flexibility index (Phi) is 5.59. The maximum atomic E-state index is 12.2. The highest BCUT2D eigenvalue weighted by molar-refractivity contribution is 7.80. The molecule has 0 aliphatic rings. The highest BCUT2D eigenvalue weighted by atomic mass is 32.1. The van der Waals surface area contributed by atoms with Crippen LogP contribution in [0, 0.1) is 10.1 Å². The molecule has 0 aliphatic carbocycles. The van der Waals surface area contributed by atoms with Crippen LogP contribution in [0.1, 0.15) is 35.7 Å². The van der Waals surface area contributed by atoms with E-state index in [4.69, 9.17) is 12.2 Å². The molecule has 2 aromatic carbocycles. The topological polar surface area (TPSA) is 84.3 Å². The van der Waals surface area contributed by atoms with Crippen LogP contribution in [0.25, 0.3) is 0 Å². The van der Waals surface area contributed by atoms with E-state index < -0.39 is 10.8 Å². The van der Waals surface area contributed by atoms with Gasteiger partial charge in [-0.3, -0.25) is 20.2 Å². The van der Waals surface area contributed by atoms with Gasteiger partial charge in [0.1, 0.15) is 0 Å². The third-order valence-electron chi connectivity index (χ3n) is 3.38. The largest absolute Gasteiger partial charge is 0.332 e. The highest BCUT2D eigenvalue weighted by Crippen LogP contribution is 2.23. The Bertz CT molecular complexity index is 790. The lowest BCUT2D eigenvalue weighted by atomic mass is 10.0. The van der Waals surface area contributed by atoms with Crippen molar-refractivity contribution in [1.82, 2.24) is 5.32 Å². The summed E-state index contributed by atoms with van der Waals surface area (Å²) in [6.07, 6.45) is 0. The third kappa shape index (κ3) is 4.36. The molecular weight excluding hydrogens is 326 g/mol. The molecule has 7 heteroatoms. The van der Waals surface area contributed by atoms with Gasteiger partial charge in [0.25, 0.3) is 11.6 Å². The average Bonchev–Trinajstić information content (AvgIpc) is 2.55. The molecule has 6 nitrogen and oxygen atoms in total. The van der Waals surface area contributed by atoms with Gasteiger partial charge >= 0.3 is 0 Å². The van der Waals surface area contributed by atoms with Gasteiger partial charge in [-0.25, -0.2) is 0 Å². The molecule has 2 aromatic rings. The van der Waals surface area contributed by atoms with Crippen LogP contribution in [0.5, 0.6) is 0 Å². The standard InChI is InChI=1S/C17H17N3O3S/c1-11(2)14-8-3-4-9-15(14)18-17(24)19-16(21)12-6-5-7-13(10-12)20(22)23/h3-11H,1-2H3,(H2,18,19,21,24). The molecule has 0 saturated carbocycles. The lowest BCUT2D eigenvalue weighted by Gasteiger charge is -2.15. The first-order valence-corrected chi connectivity index (χ1v) is 7.75. The zero-order valence-corrected chi connectivity index (χ0v) is 14.1. The van der Waals surface area contributed by atoms with E-state index in [9.17, 15) is 14.9 Å². The number of amides is 1. The molecule has 0 spiro atoms. The summed E-state index contributed by atoms with van der Waals surface area (Å²) in [4.78, 5) is 22.4. The summed E-state index contributed by atoms with van der Waals surface area (Å²) >= 11 is 5.17. The van der Waals surface area contributed by atoms with Crippen LogP contribution in [-0.2, 0) is 0 Å². The number of nitro benzene ring substituents is 1. The number of rotatable bonds is 4. The predicted octanol–water partition coefficient (Wildman–Crippen LogP) is 3.85. The van der Waals surface area contributed by atoms with E-state index in [1.165, 1.54) is 24.3 Å². The van der Waals surface area contributed by atoms with Crippen molar-refractivity contribution in [3.8, 4) is 0 Å². The number of benzene rings is 2. The van der Waals surface area contributed by atoms with Gasteiger partial charge in [0.15, 0.2) is 5.11 Å². The Labute approximate surface area is 145 Å². The number of hydrogen-bond donors (Lipinski definition) is 2. The Morgan fingerprint density at radius 1 is 1.17 bits per heavy atom. The van der Waals surface area contributed by atoms with Crippen molar-refractivity contribution >= 4 is 34.6 Å². The summed E-state index contributed by atoms with van der Waals surface area (Å²) in [6, 6.07) is 13.2. The van der Waals surface area contributed by atoms with E-state index in [-0.39, 0.29) is 16.4 Å². The molecule has 1 amide bonds. The molecule has 24 heavy (non-hydrogen) atoms. The monoisotopic (exact) mass is 343 g/mol. The number of nitro groups is 1. The summed E-state index contributed by atoms with van der Waals surface area (Å²) in [5.74, 6) is -0.206. The van der Waals surface area contributed by atoms with Crippen LogP contribution in [0.4, 0.5) is 11.4 Å². The molecule has 2 N–H and O–H groups in total. The minimum atomic E-state index is -0.549. The van der Waals surface area contributed by atoms with E-state index in [1.807, 2.05) is 24.3 Å². The normalized spacial score (nSPS) is 10.3. The molecule has 124 valence electrons. The second-order valence-electron chi connectivity index (χ2n) is 5.46. The number of nitrogens with zero attached hydrogens (tertiary/aromatic N) is 1. The molecule has 2 rings (SSSR count). The van der Waals surface area contributed by atoms with Crippen LogP contribution < -0.4 is 10.6 Å². The zero-order chi connectivity index (χ0) is 17.7. The minimum Gasteiger partial charge on any atom is -0.332 e. The molecule has 0 saturated heterocycles. The number of nitrogens with one attached hydrogen (secondary N) is 2. The van der Waals surface area contributed by atoms with Gasteiger partial charge in [-0.15, -0.1) is 0 Å². The molecule has 0 bridgehead atoms. The first kappa shape index (κ1) is 17.6. The first-order chi connectivity index (χ1) is 11.4. The lowest BCUT2D eigenvalue weighted by molar-refractivity contribution is -0.384. The number of thiocarbonyl (C=S) groups is 1. The fourth-order valence-corrected chi connectivity index (χ4v) is 2.41. The Balaban J connectivity index is 2.09. The smallest absolute Gasteiger partial charge is 0.270 e. The Morgan fingerprint density at radius 2 is 1.88 bits per heavy atom. The Morgan fingerprint density at radius 3 is 2.54 bits per heavy atom. The van der Waals surface area contributed by atoms with Crippen molar-refractivity contribution in [3.05, 3.63) is 69.8 Å². The SMILES string of the molecule is CC(C)c1ccccc1NC(=S)NC(=O)c1cccc([N+](=O)[O-])c1. The Hall–Kier alpha value is -2.80. The number of carbonyl (C=O) groups is 1. The van der Waals surface area contributed by atoms with Gasteiger partial charge in [0.2, 0.25) is 0 Å². The number of hydrogen-bond acceptors (Lipinski definition) is 4. The van der Waals surface area contributed by atoms with E-state index in [1.54, 1.807) is 0 Å². The van der Waals surface area contributed by atoms with E-state index in [2.05, 4.69) is 24.5 Å². The first-order valence-electron chi connectivity index (χ1n) is 7.34. The fraction of sp³-hybridized carbons (Fsp3) is 0.176. The summed E-state index contributed by atoms with van der Waals surface area (Å²) < 4.78 is 0. The molecule has 0 aromatic heterocycles. The summed E-state index contributed by atoms with van der Waals surface area (Å²) in [6.45, 7) is 4.12. The molecule has 0 radical (unpaired) electrons. The van der Waals surface area contributed by atoms with Crippen molar-refractivity contribution in [2.45, 2.75) is 19.8 Å². The average molecular weight is 343 g/mol. The quantitative estimate of drug-likeness (QED) is 0.500. The zero-order valence-electron chi connectivity index (χ0n) is 13.3. The van der Waals surface area contributed by atoms with Crippen LogP contribution in [0.2, 0.25) is 0 Å². The van der Waals surface area contributed by atoms with Gasteiger partial charge in [0.05, 0.1) is 4.92 Å². The third-order valence-corrected chi connectivity index (χ3v) is 3.58. The molecule has 0 heterocycles. The number of carbonyl (C=O) groups excluding carboxylic acids is 1. The lowest BCUT2D eigenvalue weighted by Crippen LogP contribution is -2.34. The van der Waals surface area contributed by atoms with Crippen molar-refractivity contribution < 1.29 is 9.72 Å². The summed E-state index contributed by atoms with van der Waals surface area (Å²) in [5, 5.41) is 16.4. The molecule has 0 unspecified atom stereocenters. The van der Waals surface area contributed by atoms with Gasteiger partial charge in [0, 0.05) is 23.4 Å². The van der Waals surface area contributed by atoms with Crippen LogP contribution in [0.3, 0.4) is 0 Å². The fourth-order valence-electron chi connectivity index (χ4n) is 2.20. The molecule has 0 aliphatic heterocycles. The van der Waals surface area contributed by atoms with Crippen molar-refractivity contribution in [3.63, 3.8) is 0 Å². The summed E-state index contributed by atoms with van der Waals surface area (Å²) in [7, 11) is 0. The van der Waals surface area contributed by atoms with Gasteiger partial charge in [-0.05, 0) is 35.8 Å². The van der Waals surface area contributed by atoms with Crippen molar-refractivity contribution in [1.29, 1.82) is 0 Å². The van der Waals surface area contributed by atoms with E-state index in [0.29, 0.717) is 5.92 Å². The second kappa shape index (κ2) is 7.65. The van der Waals surface area contributed by atoms with Gasteiger partial charge in [-0.2, -0.15) is 0 Å². The maximum absolute atomic E-state index is 12.2. The van der Waals surface area contributed by atoms with Crippen molar-refractivity contribution in [2.24, 2.45) is 0 Å². The molecule has 0 atom stereocenters. The van der Waals surface area contributed by atoms with Gasteiger partial charge in [-0.1, -0.05) is 38.1 Å². The highest BCUT2D eigenvalue weighted by Gasteiger charge is 2.13. The maximum Gasteiger partial charge on any atom is 0.270 e. The minimum absolute atomic E-state index is 0.139. The van der Waals surface area contributed by atoms with E-state index in [0.717, 1.165) is 11.3 Å².